The van der Waals surface area contributed by atoms with E-state index in [9.17, 15) is 4.79 Å². The predicted molar refractivity (Wildman–Crippen MR) is 65.7 cm³/mol. The number of aromatic nitrogens is 1. The van der Waals surface area contributed by atoms with Gasteiger partial charge in [0.05, 0.1) is 7.11 Å². The first-order valence-electron chi connectivity index (χ1n) is 5.33. The highest BCUT2D eigenvalue weighted by Crippen LogP contribution is 2.22. The third-order valence-electron chi connectivity index (χ3n) is 2.61. The number of carbonyl (C=O) groups excluding carboxylic acids is 1. The summed E-state index contributed by atoms with van der Waals surface area (Å²) in [5.41, 5.74) is 3.62. The smallest absolute Gasteiger partial charge is 0.356 e. The van der Waals surface area contributed by atoms with E-state index in [0.29, 0.717) is 5.69 Å². The van der Waals surface area contributed by atoms with Crippen molar-refractivity contribution < 1.29 is 9.53 Å². The van der Waals surface area contributed by atoms with E-state index >= 15 is 0 Å². The average Bonchev–Trinajstić information content (AvgIpc) is 2.39. The number of hydrogen-bond acceptors (Lipinski definition) is 3. The summed E-state index contributed by atoms with van der Waals surface area (Å²) in [5, 5.41) is 0. The molecule has 0 fully saturated rings. The van der Waals surface area contributed by atoms with Crippen LogP contribution in [0.1, 0.15) is 16.1 Å². The summed E-state index contributed by atoms with van der Waals surface area (Å²) < 4.78 is 4.60. The second-order valence-corrected chi connectivity index (χ2v) is 3.74. The van der Waals surface area contributed by atoms with Gasteiger partial charge in [0.15, 0.2) is 0 Å². The maximum Gasteiger partial charge on any atom is 0.356 e. The molecule has 0 aliphatic heterocycles. The topological polar surface area (TPSA) is 39.2 Å². The van der Waals surface area contributed by atoms with Crippen molar-refractivity contribution in [2.75, 3.05) is 7.11 Å². The van der Waals surface area contributed by atoms with E-state index < -0.39 is 5.97 Å². The minimum Gasteiger partial charge on any atom is -0.464 e. The minimum atomic E-state index is -0.415. The maximum absolute atomic E-state index is 11.2. The molecule has 0 amide bonds. The SMILES string of the molecule is COC(=O)c1ccc(-c2ccccc2C)cn1. The highest BCUT2D eigenvalue weighted by Gasteiger charge is 2.07. The fourth-order valence-electron chi connectivity index (χ4n) is 1.68. The number of aryl methyl sites for hydroxylation is 1. The van der Waals surface area contributed by atoms with Gasteiger partial charge in [-0.3, -0.25) is 0 Å². The van der Waals surface area contributed by atoms with Crippen molar-refractivity contribution in [1.82, 2.24) is 4.98 Å². The van der Waals surface area contributed by atoms with Gasteiger partial charge < -0.3 is 4.74 Å². The largest absolute Gasteiger partial charge is 0.464 e. The molecule has 0 unspecified atom stereocenters. The van der Waals surface area contributed by atoms with Crippen LogP contribution >= 0.6 is 0 Å². The Morgan fingerprint density at radius 3 is 2.53 bits per heavy atom. The van der Waals surface area contributed by atoms with Gasteiger partial charge in [0.25, 0.3) is 0 Å². The summed E-state index contributed by atoms with van der Waals surface area (Å²) in [7, 11) is 1.35. The van der Waals surface area contributed by atoms with E-state index in [0.717, 1.165) is 11.1 Å². The van der Waals surface area contributed by atoms with Crippen LogP contribution in [0.3, 0.4) is 0 Å². The quantitative estimate of drug-likeness (QED) is 0.740. The molecule has 17 heavy (non-hydrogen) atoms. The number of hydrogen-bond donors (Lipinski definition) is 0. The normalized spacial score (nSPS) is 10.0. The molecule has 0 saturated carbocycles. The number of benzene rings is 1. The van der Waals surface area contributed by atoms with Crippen molar-refractivity contribution in [2.45, 2.75) is 6.92 Å². The summed E-state index contributed by atoms with van der Waals surface area (Å²) in [6, 6.07) is 11.6. The van der Waals surface area contributed by atoms with Crippen LogP contribution in [0.2, 0.25) is 0 Å². The summed E-state index contributed by atoms with van der Waals surface area (Å²) >= 11 is 0. The lowest BCUT2D eigenvalue weighted by Crippen LogP contribution is -2.03. The third kappa shape index (κ3) is 2.33. The van der Waals surface area contributed by atoms with Gasteiger partial charge in [0.2, 0.25) is 0 Å². The van der Waals surface area contributed by atoms with Crippen LogP contribution in [-0.4, -0.2) is 18.1 Å². The van der Waals surface area contributed by atoms with E-state index in [1.165, 1.54) is 12.7 Å². The van der Waals surface area contributed by atoms with Crippen molar-refractivity contribution in [3.05, 3.63) is 53.9 Å². The number of esters is 1. The van der Waals surface area contributed by atoms with Crippen molar-refractivity contribution in [1.29, 1.82) is 0 Å². The van der Waals surface area contributed by atoms with Crippen LogP contribution in [0.25, 0.3) is 11.1 Å². The van der Waals surface area contributed by atoms with Crippen LogP contribution in [0.4, 0.5) is 0 Å². The molecule has 0 N–H and O–H groups in total. The molecule has 0 aliphatic carbocycles. The number of ether oxygens (including phenoxy) is 1. The lowest BCUT2D eigenvalue weighted by atomic mass is 10.0. The van der Waals surface area contributed by atoms with Crippen LogP contribution < -0.4 is 0 Å². The molecule has 1 heterocycles. The Morgan fingerprint density at radius 1 is 1.18 bits per heavy atom. The lowest BCUT2D eigenvalue weighted by Gasteiger charge is -2.05. The molecule has 0 bridgehead atoms. The van der Waals surface area contributed by atoms with Crippen LogP contribution in [-0.2, 0) is 4.74 Å². The maximum atomic E-state index is 11.2. The molecule has 2 aromatic rings. The summed E-state index contributed by atoms with van der Waals surface area (Å²) in [4.78, 5) is 15.3. The average molecular weight is 227 g/mol. The number of nitrogens with zero attached hydrogens (tertiary/aromatic N) is 1. The van der Waals surface area contributed by atoms with Gasteiger partial charge in [-0.2, -0.15) is 0 Å². The zero-order valence-electron chi connectivity index (χ0n) is 9.81. The van der Waals surface area contributed by atoms with Gasteiger partial charge in [0, 0.05) is 11.8 Å². The Kier molecular flexibility index (Phi) is 3.19. The first kappa shape index (κ1) is 11.3. The molecule has 3 nitrogen and oxygen atoms in total. The van der Waals surface area contributed by atoms with E-state index in [1.54, 1.807) is 12.3 Å². The van der Waals surface area contributed by atoms with Crippen molar-refractivity contribution in [3.8, 4) is 11.1 Å². The highest BCUT2D eigenvalue weighted by atomic mass is 16.5. The Hall–Kier alpha value is -2.16. The summed E-state index contributed by atoms with van der Waals surface area (Å²) in [6.45, 7) is 2.05. The van der Waals surface area contributed by atoms with Gasteiger partial charge in [-0.1, -0.05) is 30.3 Å². The standard InChI is InChI=1S/C14H13NO2/c1-10-5-3-4-6-12(10)11-7-8-13(15-9-11)14(16)17-2/h3-9H,1-2H3. The van der Waals surface area contributed by atoms with Gasteiger partial charge in [0.1, 0.15) is 5.69 Å². The molecule has 3 heteroatoms. The molecule has 2 rings (SSSR count). The Balaban J connectivity index is 2.36. The van der Waals surface area contributed by atoms with Crippen LogP contribution in [0.15, 0.2) is 42.6 Å². The first-order valence-corrected chi connectivity index (χ1v) is 5.33. The third-order valence-corrected chi connectivity index (χ3v) is 2.61. The molecule has 0 saturated heterocycles. The van der Waals surface area contributed by atoms with E-state index in [-0.39, 0.29) is 0 Å². The predicted octanol–water partition coefficient (Wildman–Crippen LogP) is 2.84. The minimum absolute atomic E-state index is 0.324. The van der Waals surface area contributed by atoms with E-state index in [4.69, 9.17) is 0 Å². The first-order chi connectivity index (χ1) is 8.22. The lowest BCUT2D eigenvalue weighted by molar-refractivity contribution is 0.0594. The molecule has 1 aromatic carbocycles. The van der Waals surface area contributed by atoms with Crippen molar-refractivity contribution in [2.24, 2.45) is 0 Å². The van der Waals surface area contributed by atoms with Gasteiger partial charge in [-0.05, 0) is 24.1 Å². The van der Waals surface area contributed by atoms with Crippen LogP contribution in [0.5, 0.6) is 0 Å². The Morgan fingerprint density at radius 2 is 1.94 bits per heavy atom. The molecule has 0 spiro atoms. The summed E-state index contributed by atoms with van der Waals surface area (Å²) in [5.74, 6) is -0.415. The van der Waals surface area contributed by atoms with Gasteiger partial charge in [-0.25, -0.2) is 9.78 Å². The molecule has 0 radical (unpaired) electrons. The summed E-state index contributed by atoms with van der Waals surface area (Å²) in [6.07, 6.45) is 1.69. The fourth-order valence-corrected chi connectivity index (χ4v) is 1.68. The number of rotatable bonds is 2. The Bertz CT molecular complexity index is 532. The van der Waals surface area contributed by atoms with Crippen molar-refractivity contribution in [3.63, 3.8) is 0 Å². The van der Waals surface area contributed by atoms with E-state index in [1.807, 2.05) is 37.3 Å². The zero-order valence-corrected chi connectivity index (χ0v) is 9.81. The van der Waals surface area contributed by atoms with Crippen LogP contribution in [0, 0.1) is 6.92 Å². The highest BCUT2D eigenvalue weighted by molar-refractivity contribution is 5.87. The monoisotopic (exact) mass is 227 g/mol. The number of pyridine rings is 1. The number of carbonyl (C=O) groups is 1. The molecule has 0 atom stereocenters. The van der Waals surface area contributed by atoms with E-state index in [2.05, 4.69) is 9.72 Å². The van der Waals surface area contributed by atoms with Gasteiger partial charge >= 0.3 is 5.97 Å². The number of methoxy groups -OCH3 is 1. The molecule has 0 aliphatic rings. The molecule has 1 aromatic heterocycles. The zero-order chi connectivity index (χ0) is 12.3. The Labute approximate surface area is 100 Å². The second-order valence-electron chi connectivity index (χ2n) is 3.74. The molecular formula is C14H13NO2. The molecule has 86 valence electrons. The second kappa shape index (κ2) is 4.78. The van der Waals surface area contributed by atoms with Gasteiger partial charge in [-0.15, -0.1) is 0 Å². The van der Waals surface area contributed by atoms with Crippen molar-refractivity contribution >= 4 is 5.97 Å². The fraction of sp³-hybridized carbons (Fsp3) is 0.143. The molecular weight excluding hydrogens is 214 g/mol.